The monoisotopic (exact) mass is 197 g/mol. The Bertz CT molecular complexity index is 304. The second-order valence-corrected chi connectivity index (χ2v) is 4.32. The zero-order chi connectivity index (χ0) is 10.9. The molecule has 0 radical (unpaired) electrons. The normalized spacial score (nSPS) is 30.6. The average Bonchev–Trinajstić information content (AvgIpc) is 2.53. The molecular weight excluding hydrogens is 182 g/mol. The summed E-state index contributed by atoms with van der Waals surface area (Å²) >= 11 is 0. The third-order valence-corrected chi connectivity index (χ3v) is 2.88. The van der Waals surface area contributed by atoms with E-state index in [0.717, 1.165) is 5.57 Å². The van der Waals surface area contributed by atoms with Crippen LogP contribution in [0.1, 0.15) is 20.8 Å². The minimum atomic E-state index is -0.759. The van der Waals surface area contributed by atoms with Crippen molar-refractivity contribution in [2.75, 3.05) is 0 Å². The van der Waals surface area contributed by atoms with Crippen molar-refractivity contribution in [2.24, 2.45) is 22.4 Å². The zero-order valence-electron chi connectivity index (χ0n) is 8.56. The molecule has 4 nitrogen and oxygen atoms in total. The SMILES string of the molecule is CC(/C=N/O)=C\[C@@H]1[C@@H](C(=O)O)C1(C)C. The number of carboxylic acid groups (broad SMARTS) is 1. The first-order chi connectivity index (χ1) is 6.41. The van der Waals surface area contributed by atoms with Gasteiger partial charge in [-0.05, 0) is 23.8 Å². The molecular formula is C10H15NO3. The van der Waals surface area contributed by atoms with E-state index >= 15 is 0 Å². The van der Waals surface area contributed by atoms with Crippen LogP contribution in [0.15, 0.2) is 16.8 Å². The minimum absolute atomic E-state index is 0.0398. The number of oxime groups is 1. The number of hydrogen-bond acceptors (Lipinski definition) is 3. The lowest BCUT2D eigenvalue weighted by atomic mass is 10.1. The lowest BCUT2D eigenvalue weighted by Crippen LogP contribution is -2.03. The van der Waals surface area contributed by atoms with E-state index in [4.69, 9.17) is 10.3 Å². The Hall–Kier alpha value is -1.32. The minimum Gasteiger partial charge on any atom is -0.481 e. The highest BCUT2D eigenvalue weighted by Crippen LogP contribution is 2.59. The van der Waals surface area contributed by atoms with Gasteiger partial charge in [-0.15, -0.1) is 0 Å². The van der Waals surface area contributed by atoms with Crippen LogP contribution in [0.25, 0.3) is 0 Å². The van der Waals surface area contributed by atoms with Crippen LogP contribution in [-0.4, -0.2) is 22.5 Å². The molecule has 1 rings (SSSR count). The van der Waals surface area contributed by atoms with Crippen LogP contribution < -0.4 is 0 Å². The second-order valence-electron chi connectivity index (χ2n) is 4.32. The van der Waals surface area contributed by atoms with Gasteiger partial charge in [0, 0.05) is 0 Å². The van der Waals surface area contributed by atoms with Crippen molar-refractivity contribution in [3.05, 3.63) is 11.6 Å². The number of aliphatic carboxylic acids is 1. The zero-order valence-corrected chi connectivity index (χ0v) is 8.56. The van der Waals surface area contributed by atoms with Crippen molar-refractivity contribution in [2.45, 2.75) is 20.8 Å². The van der Waals surface area contributed by atoms with Crippen LogP contribution in [0.4, 0.5) is 0 Å². The Morgan fingerprint density at radius 2 is 2.07 bits per heavy atom. The van der Waals surface area contributed by atoms with E-state index in [2.05, 4.69) is 5.16 Å². The molecule has 78 valence electrons. The highest BCUT2D eigenvalue weighted by molar-refractivity contribution is 5.80. The second kappa shape index (κ2) is 3.44. The Labute approximate surface area is 82.9 Å². The summed E-state index contributed by atoms with van der Waals surface area (Å²) in [5, 5.41) is 20.1. The Morgan fingerprint density at radius 3 is 2.43 bits per heavy atom. The third kappa shape index (κ3) is 1.78. The average molecular weight is 197 g/mol. The quantitative estimate of drug-likeness (QED) is 0.411. The van der Waals surface area contributed by atoms with Crippen LogP contribution in [0.3, 0.4) is 0 Å². The lowest BCUT2D eigenvalue weighted by Gasteiger charge is -1.97. The molecule has 4 heteroatoms. The lowest BCUT2D eigenvalue weighted by molar-refractivity contribution is -0.139. The molecule has 2 atom stereocenters. The summed E-state index contributed by atoms with van der Waals surface area (Å²) in [5.41, 5.74) is 0.602. The van der Waals surface area contributed by atoms with E-state index in [9.17, 15) is 4.79 Å². The van der Waals surface area contributed by atoms with Crippen molar-refractivity contribution in [1.82, 2.24) is 0 Å². The summed E-state index contributed by atoms with van der Waals surface area (Å²) < 4.78 is 0. The van der Waals surface area contributed by atoms with Crippen LogP contribution >= 0.6 is 0 Å². The molecule has 1 aliphatic carbocycles. The number of carboxylic acids is 1. The van der Waals surface area contributed by atoms with E-state index in [1.165, 1.54) is 6.21 Å². The largest absolute Gasteiger partial charge is 0.481 e. The molecule has 0 aliphatic heterocycles. The van der Waals surface area contributed by atoms with Crippen molar-refractivity contribution < 1.29 is 15.1 Å². The topological polar surface area (TPSA) is 69.9 Å². The highest BCUT2D eigenvalue weighted by Gasteiger charge is 2.60. The maximum atomic E-state index is 10.8. The molecule has 1 fully saturated rings. The standard InChI is InChI=1S/C10H15NO3/c1-6(5-11-14)4-7-8(9(12)13)10(7,2)3/h4-5,7-8,14H,1-3H3,(H,12,13)/b6-4+,11-5+/t7-,8+/m1/s1. The van der Waals surface area contributed by atoms with E-state index in [1.807, 2.05) is 19.9 Å². The van der Waals surface area contributed by atoms with Crippen molar-refractivity contribution in [3.63, 3.8) is 0 Å². The molecule has 1 saturated carbocycles. The van der Waals surface area contributed by atoms with Crippen LogP contribution in [0, 0.1) is 17.3 Å². The van der Waals surface area contributed by atoms with Crippen molar-refractivity contribution in [1.29, 1.82) is 0 Å². The smallest absolute Gasteiger partial charge is 0.307 e. The van der Waals surface area contributed by atoms with Gasteiger partial charge in [0.05, 0.1) is 12.1 Å². The van der Waals surface area contributed by atoms with Crippen LogP contribution in [0.2, 0.25) is 0 Å². The summed E-state index contributed by atoms with van der Waals surface area (Å²) in [6, 6.07) is 0. The fraction of sp³-hybridized carbons (Fsp3) is 0.600. The molecule has 0 heterocycles. The summed E-state index contributed by atoms with van der Waals surface area (Å²) in [4.78, 5) is 10.8. The Morgan fingerprint density at radius 1 is 1.50 bits per heavy atom. The summed E-state index contributed by atoms with van der Waals surface area (Å²) in [6.07, 6.45) is 3.16. The van der Waals surface area contributed by atoms with Crippen LogP contribution in [-0.2, 0) is 4.79 Å². The van der Waals surface area contributed by atoms with Gasteiger partial charge in [-0.3, -0.25) is 4.79 Å². The number of hydrogen-bond donors (Lipinski definition) is 2. The van der Waals surface area contributed by atoms with E-state index in [1.54, 1.807) is 6.92 Å². The molecule has 0 spiro atoms. The molecule has 0 unspecified atom stereocenters. The van der Waals surface area contributed by atoms with Gasteiger partial charge in [-0.2, -0.15) is 0 Å². The molecule has 2 N–H and O–H groups in total. The maximum Gasteiger partial charge on any atom is 0.307 e. The predicted molar refractivity (Wildman–Crippen MR) is 52.4 cm³/mol. The molecule has 0 aromatic heterocycles. The Kier molecular flexibility index (Phi) is 2.64. The van der Waals surface area contributed by atoms with Gasteiger partial charge in [0.15, 0.2) is 0 Å². The molecule has 0 amide bonds. The molecule has 0 bridgehead atoms. The Balaban J connectivity index is 2.75. The number of nitrogens with zero attached hydrogens (tertiary/aromatic N) is 1. The molecule has 0 saturated heterocycles. The summed E-state index contributed by atoms with van der Waals surface area (Å²) in [7, 11) is 0. The van der Waals surface area contributed by atoms with Gasteiger partial charge < -0.3 is 10.3 Å². The van der Waals surface area contributed by atoms with E-state index < -0.39 is 5.97 Å². The predicted octanol–water partition coefficient (Wildman–Crippen LogP) is 1.75. The first-order valence-corrected chi connectivity index (χ1v) is 4.50. The van der Waals surface area contributed by atoms with Crippen molar-refractivity contribution >= 4 is 12.2 Å². The molecule has 0 aromatic rings. The molecule has 14 heavy (non-hydrogen) atoms. The van der Waals surface area contributed by atoms with Gasteiger partial charge in [-0.25, -0.2) is 0 Å². The maximum absolute atomic E-state index is 10.8. The summed E-state index contributed by atoms with van der Waals surface area (Å²) in [5.74, 6) is -1.03. The summed E-state index contributed by atoms with van der Waals surface area (Å²) in [6.45, 7) is 5.64. The number of carbonyl (C=O) groups is 1. The molecule has 0 aromatic carbocycles. The van der Waals surface area contributed by atoms with Crippen molar-refractivity contribution in [3.8, 4) is 0 Å². The molecule has 1 aliphatic rings. The number of allylic oxidation sites excluding steroid dienone is 2. The van der Waals surface area contributed by atoms with Gasteiger partial charge in [0.2, 0.25) is 0 Å². The first-order valence-electron chi connectivity index (χ1n) is 4.50. The first kappa shape index (κ1) is 10.8. The van der Waals surface area contributed by atoms with E-state index in [-0.39, 0.29) is 17.3 Å². The highest BCUT2D eigenvalue weighted by atomic mass is 16.4. The fourth-order valence-electron chi connectivity index (χ4n) is 1.88. The van der Waals surface area contributed by atoms with Gasteiger partial charge >= 0.3 is 5.97 Å². The van der Waals surface area contributed by atoms with Crippen LogP contribution in [0.5, 0.6) is 0 Å². The van der Waals surface area contributed by atoms with Gasteiger partial charge in [-0.1, -0.05) is 25.1 Å². The van der Waals surface area contributed by atoms with Gasteiger partial charge in [0.25, 0.3) is 0 Å². The van der Waals surface area contributed by atoms with E-state index in [0.29, 0.717) is 0 Å². The third-order valence-electron chi connectivity index (χ3n) is 2.88. The number of rotatable bonds is 3. The van der Waals surface area contributed by atoms with Gasteiger partial charge in [0.1, 0.15) is 0 Å². The fourth-order valence-corrected chi connectivity index (χ4v) is 1.88.